The van der Waals surface area contributed by atoms with Crippen LogP contribution < -0.4 is 10.6 Å². The summed E-state index contributed by atoms with van der Waals surface area (Å²) in [7, 11) is 0. The summed E-state index contributed by atoms with van der Waals surface area (Å²) in [6.07, 6.45) is 4.88. The van der Waals surface area contributed by atoms with Crippen LogP contribution >= 0.6 is 0 Å². The van der Waals surface area contributed by atoms with Gasteiger partial charge in [-0.2, -0.15) is 0 Å². The average molecular weight is 505 g/mol. The average Bonchev–Trinajstić information content (AvgIpc) is 3.01. The van der Waals surface area contributed by atoms with E-state index in [1.165, 1.54) is 6.08 Å². The highest BCUT2D eigenvalue weighted by molar-refractivity contribution is 5.93. The van der Waals surface area contributed by atoms with Gasteiger partial charge in [0.2, 0.25) is 5.91 Å². The standard InChI is InChI=1S/C28H41FN2O5/c1-16-13-20-19-8-7-17-14-18(32)9-10-27(17,6)28(19,29)21(33)15-26(20,5)22(16)23(34)30-11-12-31-24(35)36-25(2,3)4/h7,9-10,16,19-22,33H,8,11-15H2,1-6H3,(H,30,34)(H,31,35)/t16-,19?,20?,21+,22-,26+,27+,28+/m1/s1. The first-order chi connectivity index (χ1) is 16.6. The zero-order valence-electron chi connectivity index (χ0n) is 22.3. The molecule has 200 valence electrons. The van der Waals surface area contributed by atoms with Crippen LogP contribution in [-0.2, 0) is 14.3 Å². The van der Waals surface area contributed by atoms with Crippen molar-refractivity contribution in [2.45, 2.75) is 84.6 Å². The first kappa shape index (κ1) is 26.8. The highest BCUT2D eigenvalue weighted by Gasteiger charge is 2.71. The lowest BCUT2D eigenvalue weighted by molar-refractivity contribution is -0.189. The summed E-state index contributed by atoms with van der Waals surface area (Å²) in [6, 6.07) is 0. The van der Waals surface area contributed by atoms with E-state index in [1.807, 2.05) is 19.9 Å². The summed E-state index contributed by atoms with van der Waals surface area (Å²) in [5.74, 6) is -1.02. The molecule has 0 bridgehead atoms. The van der Waals surface area contributed by atoms with Crippen molar-refractivity contribution < 1.29 is 28.6 Å². The molecule has 36 heavy (non-hydrogen) atoms. The van der Waals surface area contributed by atoms with Crippen LogP contribution in [0.2, 0.25) is 0 Å². The number of nitrogens with one attached hydrogen (secondary N) is 2. The number of allylic oxidation sites excluding steroid dienone is 4. The predicted octanol–water partition coefficient (Wildman–Crippen LogP) is 3.86. The van der Waals surface area contributed by atoms with Crippen molar-refractivity contribution in [3.05, 3.63) is 23.8 Å². The zero-order valence-corrected chi connectivity index (χ0v) is 22.3. The maximum Gasteiger partial charge on any atom is 0.407 e. The van der Waals surface area contributed by atoms with Crippen LogP contribution in [0.3, 0.4) is 0 Å². The van der Waals surface area contributed by atoms with E-state index >= 15 is 4.39 Å². The van der Waals surface area contributed by atoms with Gasteiger partial charge in [0.1, 0.15) is 5.60 Å². The largest absolute Gasteiger partial charge is 0.444 e. The van der Waals surface area contributed by atoms with Gasteiger partial charge in [0.15, 0.2) is 11.5 Å². The molecule has 2 fully saturated rings. The van der Waals surface area contributed by atoms with E-state index in [0.717, 1.165) is 5.57 Å². The topological polar surface area (TPSA) is 105 Å². The van der Waals surface area contributed by atoms with Crippen molar-refractivity contribution in [1.29, 1.82) is 0 Å². The molecule has 8 atom stereocenters. The third-order valence-corrected chi connectivity index (χ3v) is 9.32. The number of ether oxygens (including phenoxy) is 1. The van der Waals surface area contributed by atoms with Crippen molar-refractivity contribution in [3.63, 3.8) is 0 Å². The molecular formula is C28H41FN2O5. The van der Waals surface area contributed by atoms with E-state index in [4.69, 9.17) is 4.74 Å². The fourth-order valence-corrected chi connectivity index (χ4v) is 7.82. The molecule has 2 amide bonds. The number of fused-ring (bicyclic) bond motifs is 5. The predicted molar refractivity (Wildman–Crippen MR) is 134 cm³/mol. The number of rotatable bonds is 4. The molecule has 4 aliphatic rings. The highest BCUT2D eigenvalue weighted by Crippen LogP contribution is 2.69. The molecular weight excluding hydrogens is 463 g/mol. The van der Waals surface area contributed by atoms with Gasteiger partial charge in [0.05, 0.1) is 6.10 Å². The van der Waals surface area contributed by atoms with E-state index in [-0.39, 0.29) is 55.4 Å². The number of ketones is 1. The van der Waals surface area contributed by atoms with E-state index in [9.17, 15) is 19.5 Å². The molecule has 3 N–H and O–H groups in total. The van der Waals surface area contributed by atoms with Crippen molar-refractivity contribution in [2.75, 3.05) is 13.1 Å². The summed E-state index contributed by atoms with van der Waals surface area (Å²) >= 11 is 0. The van der Waals surface area contributed by atoms with Crippen LogP contribution in [0.1, 0.15) is 67.2 Å². The number of alkyl carbamates (subject to hydrolysis) is 1. The second kappa shape index (κ2) is 8.96. The molecule has 0 aromatic carbocycles. The second-order valence-electron chi connectivity index (χ2n) is 12.8. The molecule has 0 heterocycles. The Balaban J connectivity index is 1.49. The van der Waals surface area contributed by atoms with Gasteiger partial charge in [0.25, 0.3) is 0 Å². The summed E-state index contributed by atoms with van der Waals surface area (Å²) < 4.78 is 22.4. The first-order valence-corrected chi connectivity index (χ1v) is 13.2. The monoisotopic (exact) mass is 504 g/mol. The zero-order chi connectivity index (χ0) is 26.7. The third-order valence-electron chi connectivity index (χ3n) is 9.32. The maximum absolute atomic E-state index is 17.2. The van der Waals surface area contributed by atoms with Crippen LogP contribution in [0.15, 0.2) is 23.8 Å². The summed E-state index contributed by atoms with van der Waals surface area (Å²) in [6.45, 7) is 11.7. The van der Waals surface area contributed by atoms with E-state index in [2.05, 4.69) is 10.6 Å². The Hall–Kier alpha value is -2.22. The number of aliphatic hydroxyl groups excluding tert-OH is 1. The van der Waals surface area contributed by atoms with Gasteiger partial charge in [0, 0.05) is 36.8 Å². The number of hydrogen-bond donors (Lipinski definition) is 3. The molecule has 0 aromatic heterocycles. The number of amides is 2. The minimum absolute atomic E-state index is 0.0232. The maximum atomic E-state index is 17.2. The van der Waals surface area contributed by atoms with Crippen molar-refractivity contribution in [2.24, 2.45) is 34.5 Å². The lowest BCUT2D eigenvalue weighted by Crippen LogP contribution is -2.66. The fourth-order valence-electron chi connectivity index (χ4n) is 7.82. The number of aliphatic hydroxyl groups is 1. The normalized spacial score (nSPS) is 41.5. The number of hydrogen-bond acceptors (Lipinski definition) is 5. The SMILES string of the molecule is C[C@@H]1CC2C3CC=C4CC(=O)C=C[C@]4(C)[C@@]3(F)[C@@H](O)C[C@]2(C)[C@H]1C(=O)NCCNC(=O)OC(C)(C)C. The Bertz CT molecular complexity index is 1000. The second-order valence-corrected chi connectivity index (χ2v) is 12.8. The number of carbonyl (C=O) groups is 3. The van der Waals surface area contributed by atoms with Crippen LogP contribution in [0.25, 0.3) is 0 Å². The summed E-state index contributed by atoms with van der Waals surface area (Å²) in [5.41, 5.74) is -3.31. The van der Waals surface area contributed by atoms with Gasteiger partial charge in [-0.15, -0.1) is 0 Å². The minimum Gasteiger partial charge on any atom is -0.444 e. The third kappa shape index (κ3) is 4.19. The summed E-state index contributed by atoms with van der Waals surface area (Å²) in [5, 5.41) is 17.0. The molecule has 0 radical (unpaired) electrons. The first-order valence-electron chi connectivity index (χ1n) is 13.2. The quantitative estimate of drug-likeness (QED) is 0.398. The van der Waals surface area contributed by atoms with E-state index < -0.39 is 40.2 Å². The highest BCUT2D eigenvalue weighted by atomic mass is 19.1. The van der Waals surface area contributed by atoms with Crippen molar-refractivity contribution in [1.82, 2.24) is 10.6 Å². The van der Waals surface area contributed by atoms with E-state index in [0.29, 0.717) is 12.8 Å². The van der Waals surface area contributed by atoms with Crippen LogP contribution in [0.5, 0.6) is 0 Å². The summed E-state index contributed by atoms with van der Waals surface area (Å²) in [4.78, 5) is 37.2. The number of halogens is 1. The van der Waals surface area contributed by atoms with Crippen LogP contribution in [0, 0.1) is 34.5 Å². The Kier molecular flexibility index (Phi) is 6.68. The molecule has 4 aliphatic carbocycles. The molecule has 0 saturated heterocycles. The minimum atomic E-state index is -1.89. The van der Waals surface area contributed by atoms with Gasteiger partial charge in [-0.25, -0.2) is 9.18 Å². The van der Waals surface area contributed by atoms with Gasteiger partial charge >= 0.3 is 6.09 Å². The van der Waals surface area contributed by atoms with Crippen molar-refractivity contribution >= 4 is 17.8 Å². The van der Waals surface area contributed by atoms with Gasteiger partial charge < -0.3 is 20.5 Å². The molecule has 0 aromatic rings. The van der Waals surface area contributed by atoms with Gasteiger partial charge in [-0.3, -0.25) is 9.59 Å². The number of alkyl halides is 1. The fraction of sp³-hybridized carbons (Fsp3) is 0.750. The van der Waals surface area contributed by atoms with Gasteiger partial charge in [-0.1, -0.05) is 31.6 Å². The Labute approximate surface area is 213 Å². The van der Waals surface area contributed by atoms with Crippen molar-refractivity contribution in [3.8, 4) is 0 Å². The molecule has 2 saturated carbocycles. The van der Waals surface area contributed by atoms with Crippen LogP contribution in [-0.4, -0.2) is 53.4 Å². The Morgan fingerprint density at radius 2 is 1.86 bits per heavy atom. The smallest absolute Gasteiger partial charge is 0.407 e. The Morgan fingerprint density at radius 1 is 1.19 bits per heavy atom. The van der Waals surface area contributed by atoms with Gasteiger partial charge in [-0.05, 0) is 70.3 Å². The molecule has 7 nitrogen and oxygen atoms in total. The lowest BCUT2D eigenvalue weighted by Gasteiger charge is -2.61. The van der Waals surface area contributed by atoms with E-state index in [1.54, 1.807) is 33.8 Å². The lowest BCUT2D eigenvalue weighted by atomic mass is 9.46. The molecule has 8 heteroatoms. The molecule has 0 aliphatic heterocycles. The molecule has 2 unspecified atom stereocenters. The molecule has 4 rings (SSSR count). The Morgan fingerprint density at radius 3 is 2.53 bits per heavy atom. The molecule has 0 spiro atoms. The van der Waals surface area contributed by atoms with Crippen LogP contribution in [0.4, 0.5) is 9.18 Å². The number of carbonyl (C=O) groups excluding carboxylic acids is 3.